The fourth-order valence-electron chi connectivity index (χ4n) is 3.53. The summed E-state index contributed by atoms with van der Waals surface area (Å²) in [7, 11) is 0. The molecule has 2 fully saturated rings. The zero-order valence-corrected chi connectivity index (χ0v) is 12.0. The Kier molecular flexibility index (Phi) is 2.96. The number of halogens is 3. The minimum Gasteiger partial charge on any atom is -0.391 e. The van der Waals surface area contributed by atoms with Crippen molar-refractivity contribution in [2.24, 2.45) is 0 Å². The van der Waals surface area contributed by atoms with Crippen LogP contribution in [-0.4, -0.2) is 33.0 Å². The molecule has 0 amide bonds. The Hall–Kier alpha value is -2.09. The van der Waals surface area contributed by atoms with Crippen LogP contribution in [0.5, 0.6) is 0 Å². The Morgan fingerprint density at radius 2 is 1.96 bits per heavy atom. The first-order valence-corrected chi connectivity index (χ1v) is 7.45. The lowest BCUT2D eigenvalue weighted by Gasteiger charge is -2.18. The molecular formula is C15H14F3N3O2. The van der Waals surface area contributed by atoms with E-state index in [0.717, 1.165) is 6.42 Å². The first-order chi connectivity index (χ1) is 10.9. The largest absolute Gasteiger partial charge is 0.451 e. The number of aromatic nitrogens is 2. The molecule has 1 aliphatic carbocycles. The third kappa shape index (κ3) is 2.12. The lowest BCUT2D eigenvalue weighted by Crippen LogP contribution is -2.38. The van der Waals surface area contributed by atoms with Crippen molar-refractivity contribution in [2.45, 2.75) is 43.6 Å². The van der Waals surface area contributed by atoms with Crippen molar-refractivity contribution in [3.8, 4) is 0 Å². The highest BCUT2D eigenvalue weighted by Crippen LogP contribution is 2.40. The molecule has 8 heteroatoms. The molecule has 0 spiro atoms. The van der Waals surface area contributed by atoms with Gasteiger partial charge in [-0.05, 0) is 31.4 Å². The lowest BCUT2D eigenvalue weighted by molar-refractivity contribution is -0.147. The van der Waals surface area contributed by atoms with Gasteiger partial charge in [0, 0.05) is 0 Å². The van der Waals surface area contributed by atoms with Crippen molar-refractivity contribution in [3.63, 3.8) is 0 Å². The van der Waals surface area contributed by atoms with Crippen molar-refractivity contribution in [1.82, 2.24) is 9.66 Å². The van der Waals surface area contributed by atoms with E-state index in [0.29, 0.717) is 17.5 Å². The molecule has 0 unspecified atom stereocenters. The summed E-state index contributed by atoms with van der Waals surface area (Å²) >= 11 is 0. The molecule has 4 rings (SSSR count). The van der Waals surface area contributed by atoms with E-state index in [1.165, 1.54) is 17.1 Å². The predicted molar refractivity (Wildman–Crippen MR) is 76.7 cm³/mol. The second-order valence-electron chi connectivity index (χ2n) is 6.00. The van der Waals surface area contributed by atoms with E-state index in [9.17, 15) is 23.1 Å². The van der Waals surface area contributed by atoms with Gasteiger partial charge in [-0.3, -0.25) is 9.80 Å². The van der Waals surface area contributed by atoms with Gasteiger partial charge in [-0.2, -0.15) is 17.8 Å². The van der Waals surface area contributed by atoms with Crippen LogP contribution < -0.4 is 10.6 Å². The van der Waals surface area contributed by atoms with E-state index < -0.39 is 29.7 Å². The average Bonchev–Trinajstić information content (AvgIpc) is 3.22. The van der Waals surface area contributed by atoms with Crippen molar-refractivity contribution in [1.29, 1.82) is 0 Å². The van der Waals surface area contributed by atoms with Crippen LogP contribution in [-0.2, 0) is 6.18 Å². The number of alkyl halides is 3. The molecule has 1 aliphatic heterocycles. The Morgan fingerprint density at radius 3 is 2.65 bits per heavy atom. The van der Waals surface area contributed by atoms with Crippen molar-refractivity contribution in [3.05, 3.63) is 40.4 Å². The van der Waals surface area contributed by atoms with Gasteiger partial charge in [0.25, 0.3) is 5.56 Å². The van der Waals surface area contributed by atoms with Crippen LogP contribution in [0, 0.1) is 0 Å². The van der Waals surface area contributed by atoms with Gasteiger partial charge in [0.15, 0.2) is 0 Å². The van der Waals surface area contributed by atoms with Crippen LogP contribution >= 0.6 is 0 Å². The maximum absolute atomic E-state index is 13.4. The van der Waals surface area contributed by atoms with Crippen LogP contribution in [0.1, 0.15) is 25.1 Å². The van der Waals surface area contributed by atoms with Gasteiger partial charge >= 0.3 is 6.18 Å². The van der Waals surface area contributed by atoms with E-state index in [1.807, 2.05) is 0 Å². The molecular weight excluding hydrogens is 311 g/mol. The number of rotatable bonds is 1. The van der Waals surface area contributed by atoms with Crippen LogP contribution in [0.3, 0.4) is 0 Å². The molecule has 5 nitrogen and oxygen atoms in total. The molecule has 1 aromatic heterocycles. The molecule has 0 bridgehead atoms. The summed E-state index contributed by atoms with van der Waals surface area (Å²) in [5.41, 5.74) is -0.726. The second-order valence-corrected chi connectivity index (χ2v) is 6.00. The molecule has 1 saturated carbocycles. The Morgan fingerprint density at radius 1 is 1.22 bits per heavy atom. The molecule has 1 N–H and O–H groups in total. The topological polar surface area (TPSA) is 58.1 Å². The number of para-hydroxylation sites is 1. The lowest BCUT2D eigenvalue weighted by atomic mass is 9.98. The van der Waals surface area contributed by atoms with Gasteiger partial charge in [0.05, 0.1) is 29.1 Å². The van der Waals surface area contributed by atoms with Crippen molar-refractivity contribution >= 4 is 10.9 Å². The van der Waals surface area contributed by atoms with Gasteiger partial charge in [-0.25, -0.2) is 4.98 Å². The summed E-state index contributed by atoms with van der Waals surface area (Å²) < 4.78 is 40.8. The van der Waals surface area contributed by atoms with E-state index in [2.05, 4.69) is 4.98 Å². The summed E-state index contributed by atoms with van der Waals surface area (Å²) in [6, 6.07) is 5.31. The second kappa shape index (κ2) is 4.70. The number of hydrogen-bond donors (Lipinski definition) is 1. The molecule has 2 heterocycles. The van der Waals surface area contributed by atoms with Gasteiger partial charge in [0.2, 0.25) is 5.82 Å². The summed E-state index contributed by atoms with van der Waals surface area (Å²) in [5.74, 6) is -1.23. The Labute approximate surface area is 128 Å². The first kappa shape index (κ1) is 14.5. The minimum atomic E-state index is -4.75. The quantitative estimate of drug-likeness (QED) is 0.810. The maximum Gasteiger partial charge on any atom is 0.451 e. The maximum atomic E-state index is 13.4. The van der Waals surface area contributed by atoms with Crippen LogP contribution in [0.15, 0.2) is 29.1 Å². The first-order valence-electron chi connectivity index (χ1n) is 7.45. The van der Waals surface area contributed by atoms with Crippen LogP contribution in [0.2, 0.25) is 0 Å². The highest BCUT2D eigenvalue weighted by Gasteiger charge is 2.56. The third-order valence-electron chi connectivity index (χ3n) is 4.58. The zero-order chi connectivity index (χ0) is 16.4. The predicted octanol–water partition coefficient (Wildman–Crippen LogP) is 1.65. The van der Waals surface area contributed by atoms with Crippen LogP contribution in [0.25, 0.3) is 10.9 Å². The van der Waals surface area contributed by atoms with Gasteiger partial charge in [-0.15, -0.1) is 0 Å². The van der Waals surface area contributed by atoms with Gasteiger partial charge in [0.1, 0.15) is 0 Å². The molecule has 1 saturated heterocycles. The van der Waals surface area contributed by atoms with E-state index >= 15 is 0 Å². The van der Waals surface area contributed by atoms with E-state index in [1.54, 1.807) is 12.1 Å². The Balaban J connectivity index is 1.95. The standard InChI is InChI=1S/C15H14F3N3O2/c16-15(17,18)14-19-9-5-2-1-4-8(9)13(23)21(14)20-10-6-3-7-11(22)12(10)20/h1-2,4-5,10-12,22H,3,6-7H2/t10-,11+,12-,20?/m0/s1. The Bertz CT molecular complexity index is 833. The number of aliphatic hydroxyl groups excluding tert-OH is 1. The number of aliphatic hydroxyl groups is 1. The summed E-state index contributed by atoms with van der Waals surface area (Å²) in [5, 5.41) is 11.5. The number of hydrogen-bond acceptors (Lipinski definition) is 4. The van der Waals surface area contributed by atoms with Crippen LogP contribution in [0.4, 0.5) is 13.2 Å². The number of fused-ring (bicyclic) bond motifs is 2. The molecule has 2 aromatic rings. The molecule has 0 radical (unpaired) electrons. The smallest absolute Gasteiger partial charge is 0.391 e. The molecule has 122 valence electrons. The third-order valence-corrected chi connectivity index (χ3v) is 4.58. The zero-order valence-electron chi connectivity index (χ0n) is 12.0. The summed E-state index contributed by atoms with van der Waals surface area (Å²) in [4.78, 5) is 16.3. The average molecular weight is 325 g/mol. The molecule has 2 aliphatic rings. The number of benzene rings is 1. The molecule has 23 heavy (non-hydrogen) atoms. The SMILES string of the molecule is O=c1c2ccccc2nc(C(F)(F)F)n1N1[C@@H]2[C@H](O)CCC[C@@H]21. The van der Waals surface area contributed by atoms with Crippen molar-refractivity contribution in [2.75, 3.05) is 5.01 Å². The highest BCUT2D eigenvalue weighted by molar-refractivity contribution is 5.77. The van der Waals surface area contributed by atoms with Gasteiger partial charge < -0.3 is 5.11 Å². The number of nitrogens with zero attached hydrogens (tertiary/aromatic N) is 3. The van der Waals surface area contributed by atoms with E-state index in [4.69, 9.17) is 0 Å². The normalized spacial score (nSPS) is 27.1. The fraction of sp³-hybridized carbons (Fsp3) is 0.467. The summed E-state index contributed by atoms with van der Waals surface area (Å²) in [6.45, 7) is 0. The van der Waals surface area contributed by atoms with E-state index in [-0.39, 0.29) is 16.9 Å². The van der Waals surface area contributed by atoms with Crippen molar-refractivity contribution < 1.29 is 18.3 Å². The summed E-state index contributed by atoms with van der Waals surface area (Å²) in [6.07, 6.45) is -3.53. The molecule has 3 atom stereocenters. The molecule has 1 aromatic carbocycles. The monoisotopic (exact) mass is 325 g/mol. The fourth-order valence-corrected chi connectivity index (χ4v) is 3.53. The highest BCUT2D eigenvalue weighted by atomic mass is 19.4. The minimum absolute atomic E-state index is 0.0199. The van der Waals surface area contributed by atoms with Gasteiger partial charge in [-0.1, -0.05) is 12.1 Å².